The lowest BCUT2D eigenvalue weighted by Crippen LogP contribution is -2.26. The number of nitrogens with zero attached hydrogens (tertiary/aromatic N) is 3. The number of carbonyl (C=O) groups excluding carboxylic acids is 1. The van der Waals surface area contributed by atoms with Crippen molar-refractivity contribution in [2.75, 3.05) is 13.2 Å². The third-order valence-electron chi connectivity index (χ3n) is 5.77. The van der Waals surface area contributed by atoms with Crippen LogP contribution in [0.25, 0.3) is 22.3 Å². The Bertz CT molecular complexity index is 1670. The van der Waals surface area contributed by atoms with E-state index in [1.54, 1.807) is 57.2 Å². The smallest absolute Gasteiger partial charge is 0.416 e. The molecule has 0 fully saturated rings. The molecule has 3 aromatic carbocycles. The van der Waals surface area contributed by atoms with Gasteiger partial charge in [0.05, 0.1) is 40.4 Å². The Morgan fingerprint density at radius 2 is 1.85 bits per heavy atom. The zero-order valence-electron chi connectivity index (χ0n) is 22.2. The molecule has 0 N–H and O–H groups in total. The second-order valence-corrected chi connectivity index (χ2v) is 9.52. The molecule has 0 bridgehead atoms. The van der Waals surface area contributed by atoms with Gasteiger partial charge in [0, 0.05) is 5.56 Å². The van der Waals surface area contributed by atoms with E-state index in [4.69, 9.17) is 14.2 Å². The van der Waals surface area contributed by atoms with E-state index in [2.05, 4.69) is 26.0 Å². The minimum atomic E-state index is -4.59. The fourth-order valence-corrected chi connectivity index (χ4v) is 4.45. The third kappa shape index (κ3) is 6.76. The summed E-state index contributed by atoms with van der Waals surface area (Å²) in [6.45, 7) is 5.49. The molecule has 214 valence electrons. The largest absolute Gasteiger partial charge is 0.490 e. The van der Waals surface area contributed by atoms with E-state index in [1.807, 2.05) is 0 Å². The van der Waals surface area contributed by atoms with E-state index < -0.39 is 29.4 Å². The van der Waals surface area contributed by atoms with E-state index >= 15 is 0 Å². The molecule has 1 atom stereocenters. The molecule has 0 saturated heterocycles. The Balaban J connectivity index is 1.81. The molecular formula is C29H25BrF3N3O5. The standard InChI is InChI=1S/C29H25BrF3N3O5/c1-4-39-24-14-18(13-22(30)25(24)41-17(3)28(38)40-5-2)16-34-36-26(19-9-8-10-20(15-19)29(31,32)33)35-23-12-7-6-11-21(23)27(36)37/h6-17H,4-5H2,1-3H3/t17-/m1/s1. The second kappa shape index (κ2) is 12.5. The lowest BCUT2D eigenvalue weighted by Gasteiger charge is -2.18. The quantitative estimate of drug-likeness (QED) is 0.156. The fourth-order valence-electron chi connectivity index (χ4n) is 3.90. The van der Waals surface area contributed by atoms with Crippen molar-refractivity contribution >= 4 is 39.0 Å². The Labute approximate surface area is 241 Å². The summed E-state index contributed by atoms with van der Waals surface area (Å²) in [6, 6.07) is 14.3. The van der Waals surface area contributed by atoms with Gasteiger partial charge >= 0.3 is 12.1 Å². The first kappa shape index (κ1) is 29.8. The third-order valence-corrected chi connectivity index (χ3v) is 6.36. The van der Waals surface area contributed by atoms with Crippen LogP contribution in [0.1, 0.15) is 31.9 Å². The molecule has 0 aliphatic heterocycles. The molecule has 0 aliphatic rings. The summed E-state index contributed by atoms with van der Waals surface area (Å²) in [5.41, 5.74) is -0.605. The minimum Gasteiger partial charge on any atom is -0.490 e. The van der Waals surface area contributed by atoms with Crippen LogP contribution in [0.15, 0.2) is 75.0 Å². The van der Waals surface area contributed by atoms with Crippen LogP contribution in [-0.4, -0.2) is 41.2 Å². The maximum absolute atomic E-state index is 13.4. The molecule has 8 nitrogen and oxygen atoms in total. The number of carbonyl (C=O) groups is 1. The van der Waals surface area contributed by atoms with Crippen LogP contribution in [0.4, 0.5) is 13.2 Å². The van der Waals surface area contributed by atoms with E-state index in [0.717, 1.165) is 16.8 Å². The summed E-state index contributed by atoms with van der Waals surface area (Å²) in [5.74, 6) is -0.0542. The number of fused-ring (bicyclic) bond motifs is 1. The first-order valence-electron chi connectivity index (χ1n) is 12.6. The number of hydrogen-bond acceptors (Lipinski definition) is 7. The van der Waals surface area contributed by atoms with Gasteiger partial charge in [-0.2, -0.15) is 22.9 Å². The number of aromatic nitrogens is 2. The van der Waals surface area contributed by atoms with Crippen LogP contribution in [0.3, 0.4) is 0 Å². The zero-order valence-corrected chi connectivity index (χ0v) is 23.8. The van der Waals surface area contributed by atoms with Gasteiger partial charge in [0.1, 0.15) is 0 Å². The number of benzene rings is 3. The number of hydrogen-bond donors (Lipinski definition) is 0. The van der Waals surface area contributed by atoms with Gasteiger partial charge in [-0.15, -0.1) is 0 Å². The Morgan fingerprint density at radius 1 is 1.10 bits per heavy atom. The summed E-state index contributed by atoms with van der Waals surface area (Å²) in [5, 5.41) is 4.57. The van der Waals surface area contributed by atoms with Gasteiger partial charge in [0.15, 0.2) is 23.4 Å². The average molecular weight is 632 g/mol. The normalized spacial score (nSPS) is 12.5. The van der Waals surface area contributed by atoms with Crippen LogP contribution in [0, 0.1) is 0 Å². The molecule has 4 rings (SSSR count). The Morgan fingerprint density at radius 3 is 2.56 bits per heavy atom. The van der Waals surface area contributed by atoms with Gasteiger partial charge in [-0.05, 0) is 78.7 Å². The van der Waals surface area contributed by atoms with Crippen molar-refractivity contribution in [3.8, 4) is 22.9 Å². The molecule has 1 heterocycles. The summed E-state index contributed by atoms with van der Waals surface area (Å²) in [7, 11) is 0. The molecule has 1 aromatic heterocycles. The summed E-state index contributed by atoms with van der Waals surface area (Å²) >= 11 is 3.43. The molecule has 12 heteroatoms. The number of rotatable bonds is 9. The van der Waals surface area contributed by atoms with Crippen molar-refractivity contribution in [1.29, 1.82) is 0 Å². The van der Waals surface area contributed by atoms with E-state index in [1.165, 1.54) is 18.3 Å². The number of alkyl halides is 3. The van der Waals surface area contributed by atoms with Crippen LogP contribution >= 0.6 is 15.9 Å². The first-order chi connectivity index (χ1) is 19.5. The lowest BCUT2D eigenvalue weighted by atomic mass is 10.1. The van der Waals surface area contributed by atoms with Gasteiger partial charge in [0.25, 0.3) is 5.56 Å². The summed E-state index contributed by atoms with van der Waals surface area (Å²) < 4.78 is 58.2. The molecule has 0 aliphatic carbocycles. The highest BCUT2D eigenvalue weighted by Gasteiger charge is 2.31. The number of ether oxygens (including phenoxy) is 3. The highest BCUT2D eigenvalue weighted by molar-refractivity contribution is 9.10. The predicted octanol–water partition coefficient (Wildman–Crippen LogP) is 6.46. The highest BCUT2D eigenvalue weighted by atomic mass is 79.9. The predicted molar refractivity (Wildman–Crippen MR) is 151 cm³/mol. The van der Waals surface area contributed by atoms with Gasteiger partial charge in [-0.1, -0.05) is 24.3 Å². The highest BCUT2D eigenvalue weighted by Crippen LogP contribution is 2.37. The van der Waals surface area contributed by atoms with Crippen LogP contribution in [-0.2, 0) is 15.7 Å². The van der Waals surface area contributed by atoms with Crippen molar-refractivity contribution in [3.05, 3.63) is 86.6 Å². The van der Waals surface area contributed by atoms with E-state index in [9.17, 15) is 22.8 Å². The topological polar surface area (TPSA) is 92.0 Å². The average Bonchev–Trinajstić information content (AvgIpc) is 2.94. The Kier molecular flexibility index (Phi) is 9.11. The van der Waals surface area contributed by atoms with Crippen molar-refractivity contribution in [2.24, 2.45) is 5.10 Å². The summed E-state index contributed by atoms with van der Waals surface area (Å²) in [4.78, 5) is 30.0. The number of halogens is 4. The Hall–Kier alpha value is -4.19. The zero-order chi connectivity index (χ0) is 29.7. The first-order valence-corrected chi connectivity index (χ1v) is 13.4. The second-order valence-electron chi connectivity index (χ2n) is 8.67. The van der Waals surface area contributed by atoms with Gasteiger partial charge in [0.2, 0.25) is 0 Å². The van der Waals surface area contributed by atoms with Gasteiger partial charge in [-0.25, -0.2) is 9.78 Å². The maximum Gasteiger partial charge on any atom is 0.416 e. The van der Waals surface area contributed by atoms with Crippen LogP contribution in [0.5, 0.6) is 11.5 Å². The van der Waals surface area contributed by atoms with Gasteiger partial charge in [-0.3, -0.25) is 4.79 Å². The molecule has 0 radical (unpaired) electrons. The van der Waals surface area contributed by atoms with Crippen molar-refractivity contribution in [1.82, 2.24) is 9.66 Å². The maximum atomic E-state index is 13.4. The van der Waals surface area contributed by atoms with E-state index in [0.29, 0.717) is 21.3 Å². The molecule has 0 amide bonds. The summed E-state index contributed by atoms with van der Waals surface area (Å²) in [6.07, 6.45) is -4.15. The van der Waals surface area contributed by atoms with Crippen molar-refractivity contribution in [2.45, 2.75) is 33.1 Å². The lowest BCUT2D eigenvalue weighted by molar-refractivity contribution is -0.150. The number of para-hydroxylation sites is 1. The van der Waals surface area contributed by atoms with Crippen LogP contribution in [0.2, 0.25) is 0 Å². The molecule has 0 spiro atoms. The molecular weight excluding hydrogens is 607 g/mol. The molecule has 41 heavy (non-hydrogen) atoms. The SMILES string of the molecule is CCOC(=O)[C@@H](C)Oc1c(Br)cc(C=Nn2c(-c3cccc(C(F)(F)F)c3)nc3ccccc3c2=O)cc1OCC. The molecule has 0 saturated carbocycles. The van der Waals surface area contributed by atoms with E-state index in [-0.39, 0.29) is 35.7 Å². The molecule has 4 aromatic rings. The number of esters is 1. The molecule has 0 unspecified atom stereocenters. The monoisotopic (exact) mass is 631 g/mol. The van der Waals surface area contributed by atoms with Crippen LogP contribution < -0.4 is 15.0 Å². The minimum absolute atomic E-state index is 0.0627. The van der Waals surface area contributed by atoms with Crippen molar-refractivity contribution < 1.29 is 32.2 Å². The fraction of sp³-hybridized carbons (Fsp3) is 0.241. The van der Waals surface area contributed by atoms with Crippen molar-refractivity contribution in [3.63, 3.8) is 0 Å². The van der Waals surface area contributed by atoms with Gasteiger partial charge < -0.3 is 14.2 Å².